The van der Waals surface area contributed by atoms with E-state index in [2.05, 4.69) is 30.8 Å². The van der Waals surface area contributed by atoms with Gasteiger partial charge < -0.3 is 9.80 Å². The zero-order chi connectivity index (χ0) is 18.8. The van der Waals surface area contributed by atoms with E-state index in [4.69, 9.17) is 0 Å². The van der Waals surface area contributed by atoms with E-state index < -0.39 is 0 Å². The summed E-state index contributed by atoms with van der Waals surface area (Å²) < 4.78 is 14.0. The quantitative estimate of drug-likeness (QED) is 0.621. The predicted octanol–water partition coefficient (Wildman–Crippen LogP) is 3.88. The molecule has 0 atom stereocenters. The second-order valence-electron chi connectivity index (χ2n) is 6.49. The molecule has 0 unspecified atom stereocenters. The van der Waals surface area contributed by atoms with Crippen molar-refractivity contribution in [3.8, 4) is 0 Å². The summed E-state index contributed by atoms with van der Waals surface area (Å²) in [5.74, 6) is -0.393. The molecule has 1 aromatic carbocycles. The van der Waals surface area contributed by atoms with E-state index >= 15 is 0 Å². The molecule has 5 nitrogen and oxygen atoms in total. The van der Waals surface area contributed by atoms with Crippen LogP contribution in [0.2, 0.25) is 0 Å². The number of fused-ring (bicyclic) bond motifs is 1. The summed E-state index contributed by atoms with van der Waals surface area (Å²) in [7, 11) is 0. The van der Waals surface area contributed by atoms with Gasteiger partial charge in [-0.15, -0.1) is 0 Å². The number of carbonyl (C=O) groups excluding carboxylic acids is 1. The zero-order valence-electron chi connectivity index (χ0n) is 14.6. The van der Waals surface area contributed by atoms with Gasteiger partial charge in [-0.1, -0.05) is 0 Å². The largest absolute Gasteiger partial charge is 0.368 e. The van der Waals surface area contributed by atoms with Crippen molar-refractivity contribution in [2.45, 2.75) is 6.42 Å². The second-order valence-corrected chi connectivity index (χ2v) is 7.41. The number of amides is 1. The normalized spacial score (nSPS) is 15.0. The fourth-order valence-electron chi connectivity index (χ4n) is 3.38. The molecule has 0 saturated carbocycles. The summed E-state index contributed by atoms with van der Waals surface area (Å²) in [4.78, 5) is 25.7. The molecular weight excluding hydrogens is 411 g/mol. The van der Waals surface area contributed by atoms with E-state index in [0.29, 0.717) is 25.2 Å². The Labute approximate surface area is 165 Å². The maximum atomic E-state index is 13.1. The Morgan fingerprint density at radius 1 is 1.04 bits per heavy atom. The van der Waals surface area contributed by atoms with Crippen molar-refractivity contribution in [1.29, 1.82) is 0 Å². The van der Waals surface area contributed by atoms with Crippen LogP contribution in [-0.2, 0) is 0 Å². The number of hydrogen-bond donors (Lipinski definition) is 0. The van der Waals surface area contributed by atoms with Crippen molar-refractivity contribution >= 4 is 38.6 Å². The minimum atomic E-state index is -0.336. The molecule has 138 valence electrons. The van der Waals surface area contributed by atoms with Crippen LogP contribution >= 0.6 is 15.9 Å². The van der Waals surface area contributed by atoms with E-state index in [1.807, 2.05) is 17.0 Å². The summed E-state index contributed by atoms with van der Waals surface area (Å²) in [5, 5.41) is 0. The highest BCUT2D eigenvalue weighted by Gasteiger charge is 2.21. The first-order valence-corrected chi connectivity index (χ1v) is 9.61. The molecule has 1 saturated heterocycles. The molecule has 4 rings (SSSR count). The Hall–Kier alpha value is -2.54. The molecule has 1 aliphatic heterocycles. The Morgan fingerprint density at radius 3 is 2.67 bits per heavy atom. The van der Waals surface area contributed by atoms with Crippen molar-refractivity contribution in [1.82, 2.24) is 14.9 Å². The van der Waals surface area contributed by atoms with Gasteiger partial charge in [-0.05, 0) is 58.7 Å². The lowest BCUT2D eigenvalue weighted by Gasteiger charge is -2.24. The number of hydrogen-bond acceptors (Lipinski definition) is 4. The second kappa shape index (κ2) is 7.60. The molecule has 3 aromatic rings. The van der Waals surface area contributed by atoms with Gasteiger partial charge in [0.1, 0.15) is 11.3 Å². The van der Waals surface area contributed by atoms with Gasteiger partial charge >= 0.3 is 0 Å². The van der Waals surface area contributed by atoms with Crippen molar-refractivity contribution in [2.24, 2.45) is 0 Å². The van der Waals surface area contributed by atoms with Gasteiger partial charge in [-0.2, -0.15) is 0 Å². The minimum absolute atomic E-state index is 0.0570. The Kier molecular flexibility index (Phi) is 5.03. The third-order valence-corrected chi connectivity index (χ3v) is 5.17. The Bertz CT molecular complexity index is 979. The number of halogens is 2. The number of pyridine rings is 2. The molecule has 2 aromatic heterocycles. The molecule has 27 heavy (non-hydrogen) atoms. The fourth-order valence-corrected chi connectivity index (χ4v) is 3.70. The average Bonchev–Trinajstić information content (AvgIpc) is 2.93. The van der Waals surface area contributed by atoms with Crippen LogP contribution in [0, 0.1) is 5.82 Å². The summed E-state index contributed by atoms with van der Waals surface area (Å²) in [6.07, 6.45) is 4.42. The average molecular weight is 429 g/mol. The lowest BCUT2D eigenvalue weighted by molar-refractivity contribution is 0.0767. The summed E-state index contributed by atoms with van der Waals surface area (Å²) in [6, 6.07) is 9.65. The molecule has 1 aliphatic rings. The van der Waals surface area contributed by atoms with Crippen molar-refractivity contribution in [2.75, 3.05) is 31.1 Å². The monoisotopic (exact) mass is 428 g/mol. The van der Waals surface area contributed by atoms with E-state index in [9.17, 15) is 9.18 Å². The molecule has 1 amide bonds. The van der Waals surface area contributed by atoms with Crippen LogP contribution in [0.3, 0.4) is 0 Å². The first-order valence-electron chi connectivity index (χ1n) is 8.82. The van der Waals surface area contributed by atoms with Crippen LogP contribution in [-0.4, -0.2) is 47.0 Å². The predicted molar refractivity (Wildman–Crippen MR) is 106 cm³/mol. The summed E-state index contributed by atoms with van der Waals surface area (Å²) in [6.45, 7) is 2.83. The van der Waals surface area contributed by atoms with Crippen LogP contribution in [0.1, 0.15) is 16.8 Å². The van der Waals surface area contributed by atoms with Gasteiger partial charge in [0, 0.05) is 48.6 Å². The zero-order valence-corrected chi connectivity index (χ0v) is 16.2. The van der Waals surface area contributed by atoms with Crippen LogP contribution in [0.25, 0.3) is 11.0 Å². The number of benzene rings is 1. The van der Waals surface area contributed by atoms with Gasteiger partial charge in [-0.25, -0.2) is 4.39 Å². The molecule has 3 heterocycles. The van der Waals surface area contributed by atoms with Crippen LogP contribution in [0.5, 0.6) is 0 Å². The molecule has 0 radical (unpaired) electrons. The molecule has 7 heteroatoms. The number of rotatable bonds is 2. The highest BCUT2D eigenvalue weighted by Crippen LogP contribution is 2.26. The van der Waals surface area contributed by atoms with Gasteiger partial charge in [0.2, 0.25) is 0 Å². The lowest BCUT2D eigenvalue weighted by Crippen LogP contribution is -2.35. The first-order chi connectivity index (χ1) is 13.1. The highest BCUT2D eigenvalue weighted by molar-refractivity contribution is 9.10. The topological polar surface area (TPSA) is 49.3 Å². The number of nitrogens with zero attached hydrogens (tertiary/aromatic N) is 4. The standard InChI is InChI=1S/C20H18BrFN4O/c21-15-12-17-19(24-13-15)18(6-7-23-17)25-8-1-9-26(11-10-25)20(27)14-2-4-16(22)5-3-14/h2-7,12-13H,1,8-11H2. The van der Waals surface area contributed by atoms with Crippen LogP contribution < -0.4 is 4.90 Å². The minimum Gasteiger partial charge on any atom is -0.368 e. The van der Waals surface area contributed by atoms with Crippen molar-refractivity contribution < 1.29 is 9.18 Å². The van der Waals surface area contributed by atoms with Gasteiger partial charge in [0.15, 0.2) is 0 Å². The maximum Gasteiger partial charge on any atom is 0.253 e. The molecule has 0 bridgehead atoms. The summed E-state index contributed by atoms with van der Waals surface area (Å²) in [5.41, 5.74) is 3.25. The molecular formula is C20H18BrFN4O. The highest BCUT2D eigenvalue weighted by atomic mass is 79.9. The van der Waals surface area contributed by atoms with Crippen molar-refractivity contribution in [3.05, 3.63) is 64.6 Å². The number of aromatic nitrogens is 2. The van der Waals surface area contributed by atoms with E-state index in [-0.39, 0.29) is 11.7 Å². The van der Waals surface area contributed by atoms with Crippen molar-refractivity contribution in [3.63, 3.8) is 0 Å². The Balaban J connectivity index is 1.54. The third kappa shape index (κ3) is 3.78. The fraction of sp³-hybridized carbons (Fsp3) is 0.250. The molecule has 0 spiro atoms. The third-order valence-electron chi connectivity index (χ3n) is 4.74. The van der Waals surface area contributed by atoms with E-state index in [1.54, 1.807) is 24.5 Å². The molecule has 1 fully saturated rings. The van der Waals surface area contributed by atoms with Gasteiger partial charge in [0.05, 0.1) is 11.2 Å². The SMILES string of the molecule is O=C(c1ccc(F)cc1)N1CCCN(c2ccnc3cc(Br)cnc23)CC1. The maximum absolute atomic E-state index is 13.1. The van der Waals surface area contributed by atoms with Crippen LogP contribution in [0.15, 0.2) is 53.3 Å². The molecule has 0 N–H and O–H groups in total. The van der Waals surface area contributed by atoms with Crippen LogP contribution in [0.4, 0.5) is 10.1 Å². The smallest absolute Gasteiger partial charge is 0.253 e. The Morgan fingerprint density at radius 2 is 1.85 bits per heavy atom. The van der Waals surface area contributed by atoms with E-state index in [0.717, 1.165) is 34.2 Å². The molecule has 0 aliphatic carbocycles. The summed E-state index contributed by atoms with van der Waals surface area (Å²) >= 11 is 3.43. The van der Waals surface area contributed by atoms with Gasteiger partial charge in [-0.3, -0.25) is 14.8 Å². The first kappa shape index (κ1) is 17.9. The number of anilines is 1. The van der Waals surface area contributed by atoms with E-state index in [1.165, 1.54) is 12.1 Å². The lowest BCUT2D eigenvalue weighted by atomic mass is 10.2. The number of carbonyl (C=O) groups is 1. The van der Waals surface area contributed by atoms with Gasteiger partial charge in [0.25, 0.3) is 5.91 Å².